The summed E-state index contributed by atoms with van der Waals surface area (Å²) in [5.74, 6) is 0.559. The van der Waals surface area contributed by atoms with Crippen LogP contribution in [-0.2, 0) is 29.1 Å². The van der Waals surface area contributed by atoms with Crippen LogP contribution in [0.5, 0.6) is 0 Å². The number of hydrogen-bond acceptors (Lipinski definition) is 4. The van der Waals surface area contributed by atoms with Gasteiger partial charge in [0, 0.05) is 50.6 Å². The number of benzene rings is 1. The highest BCUT2D eigenvalue weighted by Gasteiger charge is 2.34. The van der Waals surface area contributed by atoms with Crippen molar-refractivity contribution in [2.45, 2.75) is 39.8 Å². The van der Waals surface area contributed by atoms with E-state index in [9.17, 15) is 9.59 Å². The van der Waals surface area contributed by atoms with Gasteiger partial charge in [-0.25, -0.2) is 4.98 Å². The molecule has 1 atom stereocenters. The molecule has 0 aliphatic carbocycles. The summed E-state index contributed by atoms with van der Waals surface area (Å²) in [6.07, 6.45) is 4.55. The van der Waals surface area contributed by atoms with Gasteiger partial charge in [-0.15, -0.1) is 0 Å². The van der Waals surface area contributed by atoms with Gasteiger partial charge in [0.2, 0.25) is 11.8 Å². The highest BCUT2D eigenvalue weighted by molar-refractivity contribution is 5.98. The summed E-state index contributed by atoms with van der Waals surface area (Å²) in [5, 5.41) is 2.97. The number of carbonyl (C=O) groups excluding carboxylic acids is 2. The normalized spacial score (nSPS) is 16.6. The van der Waals surface area contributed by atoms with Gasteiger partial charge < -0.3 is 14.8 Å². The second-order valence-corrected chi connectivity index (χ2v) is 7.36. The fraction of sp³-hybridized carbons (Fsp3) is 0.364. The van der Waals surface area contributed by atoms with E-state index in [2.05, 4.69) is 33.7 Å². The van der Waals surface area contributed by atoms with Crippen molar-refractivity contribution in [1.82, 2.24) is 19.4 Å². The van der Waals surface area contributed by atoms with E-state index in [4.69, 9.17) is 0 Å². The van der Waals surface area contributed by atoms with Gasteiger partial charge in [-0.2, -0.15) is 0 Å². The number of fused-ring (bicyclic) bond motifs is 1. The largest absolute Gasteiger partial charge is 0.337 e. The van der Waals surface area contributed by atoms with E-state index in [-0.39, 0.29) is 24.2 Å². The van der Waals surface area contributed by atoms with Crippen LogP contribution in [0.25, 0.3) is 11.0 Å². The number of pyridine rings is 1. The number of imidazole rings is 1. The minimum absolute atomic E-state index is 0.00117. The van der Waals surface area contributed by atoms with E-state index in [0.717, 1.165) is 35.4 Å². The van der Waals surface area contributed by atoms with Crippen molar-refractivity contribution in [3.63, 3.8) is 0 Å². The highest BCUT2D eigenvalue weighted by atomic mass is 16.2. The van der Waals surface area contributed by atoms with Crippen LogP contribution in [0.3, 0.4) is 0 Å². The lowest BCUT2D eigenvalue weighted by Gasteiger charge is -2.16. The summed E-state index contributed by atoms with van der Waals surface area (Å²) in [4.78, 5) is 35.6. The third-order valence-corrected chi connectivity index (χ3v) is 5.41. The van der Waals surface area contributed by atoms with Crippen LogP contribution >= 0.6 is 0 Å². The lowest BCUT2D eigenvalue weighted by Crippen LogP contribution is -2.28. The first-order chi connectivity index (χ1) is 14.1. The summed E-state index contributed by atoms with van der Waals surface area (Å²) in [7, 11) is 0. The average molecular weight is 391 g/mol. The molecule has 0 spiro atoms. The molecule has 7 nitrogen and oxygen atoms in total. The Kier molecular flexibility index (Phi) is 5.29. The number of nitrogens with zero attached hydrogens (tertiary/aromatic N) is 4. The van der Waals surface area contributed by atoms with Crippen molar-refractivity contribution < 1.29 is 9.59 Å². The maximum Gasteiger partial charge on any atom is 0.229 e. The number of anilines is 1. The number of aryl methyl sites for hydroxylation is 2. The fourth-order valence-electron chi connectivity index (χ4n) is 3.94. The maximum absolute atomic E-state index is 12.8. The van der Waals surface area contributed by atoms with Gasteiger partial charge in [-0.05, 0) is 36.8 Å². The maximum atomic E-state index is 12.8. The Morgan fingerprint density at radius 2 is 2.14 bits per heavy atom. The van der Waals surface area contributed by atoms with Crippen LogP contribution in [-0.4, -0.2) is 37.8 Å². The van der Waals surface area contributed by atoms with Crippen molar-refractivity contribution in [1.29, 1.82) is 0 Å². The number of aromatic nitrogens is 3. The number of hydrogen-bond donors (Lipinski definition) is 1. The van der Waals surface area contributed by atoms with Gasteiger partial charge in [0.25, 0.3) is 0 Å². The first-order valence-corrected chi connectivity index (χ1v) is 10.1. The van der Waals surface area contributed by atoms with Crippen molar-refractivity contribution >= 4 is 28.5 Å². The molecule has 1 saturated heterocycles. The molecule has 0 saturated carbocycles. The van der Waals surface area contributed by atoms with Gasteiger partial charge in [0.1, 0.15) is 5.82 Å². The van der Waals surface area contributed by atoms with E-state index in [1.54, 1.807) is 17.3 Å². The molecule has 3 heterocycles. The molecule has 1 aromatic carbocycles. The molecule has 1 aliphatic heterocycles. The highest BCUT2D eigenvalue weighted by Crippen LogP contribution is 2.24. The van der Waals surface area contributed by atoms with E-state index in [1.807, 2.05) is 30.3 Å². The van der Waals surface area contributed by atoms with Gasteiger partial charge in [-0.3, -0.25) is 14.6 Å². The molecule has 29 heavy (non-hydrogen) atoms. The summed E-state index contributed by atoms with van der Waals surface area (Å²) in [5.41, 5.74) is 3.62. The first kappa shape index (κ1) is 19.1. The molecule has 1 fully saturated rings. The monoisotopic (exact) mass is 391 g/mol. The molecule has 1 aliphatic rings. The third-order valence-electron chi connectivity index (χ3n) is 5.41. The van der Waals surface area contributed by atoms with Gasteiger partial charge in [0.05, 0.1) is 17.0 Å². The zero-order valence-electron chi connectivity index (χ0n) is 16.8. The molecule has 1 N–H and O–H groups in total. The molecular formula is C22H25N5O2. The van der Waals surface area contributed by atoms with Crippen LogP contribution in [0.4, 0.5) is 5.69 Å². The molecule has 4 rings (SSSR count). The Bertz CT molecular complexity index is 1040. The van der Waals surface area contributed by atoms with Crippen molar-refractivity contribution in [3.05, 3.63) is 54.1 Å². The van der Waals surface area contributed by atoms with Crippen LogP contribution in [0, 0.1) is 5.92 Å². The molecule has 0 bridgehead atoms. The van der Waals surface area contributed by atoms with E-state index in [1.165, 1.54) is 0 Å². The van der Waals surface area contributed by atoms with Crippen LogP contribution in [0.1, 0.15) is 31.7 Å². The summed E-state index contributed by atoms with van der Waals surface area (Å²) >= 11 is 0. The summed E-state index contributed by atoms with van der Waals surface area (Å²) in [6, 6.07) is 9.58. The van der Waals surface area contributed by atoms with E-state index >= 15 is 0 Å². The van der Waals surface area contributed by atoms with E-state index in [0.29, 0.717) is 18.8 Å². The predicted octanol–water partition coefficient (Wildman–Crippen LogP) is 3.00. The van der Waals surface area contributed by atoms with E-state index < -0.39 is 0 Å². The van der Waals surface area contributed by atoms with Crippen molar-refractivity contribution in [2.24, 2.45) is 5.92 Å². The molecule has 0 radical (unpaired) electrons. The van der Waals surface area contributed by atoms with Gasteiger partial charge in [0.15, 0.2) is 0 Å². The summed E-state index contributed by atoms with van der Waals surface area (Å²) < 4.78 is 2.19. The smallest absolute Gasteiger partial charge is 0.229 e. The zero-order chi connectivity index (χ0) is 20.4. The quantitative estimate of drug-likeness (QED) is 0.700. The molecular weight excluding hydrogens is 366 g/mol. The van der Waals surface area contributed by atoms with Crippen LogP contribution in [0.15, 0.2) is 42.7 Å². The summed E-state index contributed by atoms with van der Waals surface area (Å²) in [6.45, 7) is 5.96. The molecule has 2 amide bonds. The number of amides is 2. The second-order valence-electron chi connectivity index (χ2n) is 7.36. The van der Waals surface area contributed by atoms with Gasteiger partial charge >= 0.3 is 0 Å². The number of rotatable bonds is 6. The Morgan fingerprint density at radius 1 is 1.28 bits per heavy atom. The van der Waals surface area contributed by atoms with Gasteiger partial charge in [-0.1, -0.05) is 13.0 Å². The standard InChI is InChI=1S/C22H25N5O2/c1-3-20-25-18-11-17(7-8-19(18)27(20)4-2)24-22(29)16-10-21(28)26(14-16)13-15-6-5-9-23-12-15/h5-9,11-12,16H,3-4,10,13-14H2,1-2H3,(H,24,29)/t16-/m0/s1. The Balaban J connectivity index is 1.44. The Labute approximate surface area is 169 Å². The topological polar surface area (TPSA) is 80.1 Å². The molecule has 3 aromatic rings. The Morgan fingerprint density at radius 3 is 2.86 bits per heavy atom. The fourth-order valence-corrected chi connectivity index (χ4v) is 3.94. The molecule has 0 unspecified atom stereocenters. The zero-order valence-corrected chi connectivity index (χ0v) is 16.8. The minimum atomic E-state index is -0.353. The second kappa shape index (κ2) is 8.03. The van der Waals surface area contributed by atoms with Crippen LogP contribution in [0.2, 0.25) is 0 Å². The predicted molar refractivity (Wildman–Crippen MR) is 111 cm³/mol. The van der Waals surface area contributed by atoms with Crippen LogP contribution < -0.4 is 5.32 Å². The molecule has 150 valence electrons. The van der Waals surface area contributed by atoms with Crippen molar-refractivity contribution in [2.75, 3.05) is 11.9 Å². The number of carbonyl (C=O) groups is 2. The minimum Gasteiger partial charge on any atom is -0.337 e. The molecule has 2 aromatic heterocycles. The van der Waals surface area contributed by atoms with Crippen molar-refractivity contribution in [3.8, 4) is 0 Å². The first-order valence-electron chi connectivity index (χ1n) is 10.1. The lowest BCUT2D eigenvalue weighted by molar-refractivity contribution is -0.128. The molecule has 7 heteroatoms. The number of nitrogens with one attached hydrogen (secondary N) is 1. The SMILES string of the molecule is CCc1nc2cc(NC(=O)[C@H]3CC(=O)N(Cc4cccnc4)C3)ccc2n1CC. The number of likely N-dealkylation sites (tertiary alicyclic amines) is 1. The third kappa shape index (κ3) is 3.85. The lowest BCUT2D eigenvalue weighted by atomic mass is 10.1. The average Bonchev–Trinajstić information content (AvgIpc) is 3.28. The Hall–Kier alpha value is -3.22.